The van der Waals surface area contributed by atoms with E-state index in [0.29, 0.717) is 12.5 Å². The molecule has 14 heavy (non-hydrogen) atoms. The highest BCUT2D eigenvalue weighted by Crippen LogP contribution is 2.46. The predicted molar refractivity (Wildman–Crippen MR) is 56.7 cm³/mol. The zero-order chi connectivity index (χ0) is 10.1. The van der Waals surface area contributed by atoms with Crippen molar-refractivity contribution in [1.29, 1.82) is 5.26 Å². The molecule has 2 aliphatic rings. The molecular formula is C12H20N2. The van der Waals surface area contributed by atoms with Gasteiger partial charge in [0, 0.05) is 12.1 Å². The van der Waals surface area contributed by atoms with Crippen molar-refractivity contribution in [3.05, 3.63) is 0 Å². The van der Waals surface area contributed by atoms with Crippen LogP contribution in [-0.2, 0) is 0 Å². The summed E-state index contributed by atoms with van der Waals surface area (Å²) in [5.41, 5.74) is 0. The van der Waals surface area contributed by atoms with E-state index < -0.39 is 0 Å². The lowest BCUT2D eigenvalue weighted by molar-refractivity contribution is 0.135. The Bertz CT molecular complexity index is 243. The van der Waals surface area contributed by atoms with Crippen LogP contribution < -0.4 is 0 Å². The van der Waals surface area contributed by atoms with E-state index >= 15 is 0 Å². The molecule has 2 saturated carbocycles. The van der Waals surface area contributed by atoms with E-state index in [-0.39, 0.29) is 0 Å². The Morgan fingerprint density at radius 2 is 2.21 bits per heavy atom. The van der Waals surface area contributed by atoms with Crippen molar-refractivity contribution in [3.8, 4) is 6.07 Å². The van der Waals surface area contributed by atoms with Crippen LogP contribution in [0.3, 0.4) is 0 Å². The maximum atomic E-state index is 8.68. The fourth-order valence-corrected chi connectivity index (χ4v) is 3.31. The van der Waals surface area contributed by atoms with Gasteiger partial charge < -0.3 is 0 Å². The van der Waals surface area contributed by atoms with E-state index in [9.17, 15) is 0 Å². The molecule has 78 valence electrons. The maximum absolute atomic E-state index is 8.68. The third-order valence-electron chi connectivity index (χ3n) is 4.31. The number of nitriles is 1. The molecule has 2 nitrogen and oxygen atoms in total. The van der Waals surface area contributed by atoms with Crippen molar-refractivity contribution < 1.29 is 0 Å². The Hall–Kier alpha value is -0.550. The molecule has 0 heterocycles. The van der Waals surface area contributed by atoms with E-state index in [1.165, 1.54) is 25.7 Å². The molecule has 2 bridgehead atoms. The zero-order valence-electron chi connectivity index (χ0n) is 9.24. The van der Waals surface area contributed by atoms with E-state index in [1.807, 2.05) is 0 Å². The van der Waals surface area contributed by atoms with E-state index in [0.717, 1.165) is 17.9 Å². The monoisotopic (exact) mass is 192 g/mol. The minimum atomic E-state index is 0.435. The number of hydrogen-bond donors (Lipinski definition) is 0. The van der Waals surface area contributed by atoms with Crippen LogP contribution in [0.4, 0.5) is 0 Å². The summed E-state index contributed by atoms with van der Waals surface area (Å²) in [5, 5.41) is 8.68. The number of hydrogen-bond acceptors (Lipinski definition) is 2. The molecule has 0 aromatic carbocycles. The minimum absolute atomic E-state index is 0.435. The van der Waals surface area contributed by atoms with Crippen molar-refractivity contribution in [3.63, 3.8) is 0 Å². The average Bonchev–Trinajstić information content (AvgIpc) is 2.77. The Kier molecular flexibility index (Phi) is 2.78. The SMILES string of the molecule is CC(CC#N)N(C)C1CC2CCC1C2. The van der Waals surface area contributed by atoms with Gasteiger partial charge in [-0.2, -0.15) is 5.26 Å². The zero-order valence-corrected chi connectivity index (χ0v) is 9.24. The molecular weight excluding hydrogens is 172 g/mol. The highest BCUT2D eigenvalue weighted by molar-refractivity contribution is 4.96. The second-order valence-electron chi connectivity index (χ2n) is 5.12. The summed E-state index contributed by atoms with van der Waals surface area (Å²) < 4.78 is 0. The summed E-state index contributed by atoms with van der Waals surface area (Å²) in [6.45, 7) is 2.18. The lowest BCUT2D eigenvalue weighted by Gasteiger charge is -2.35. The van der Waals surface area contributed by atoms with Gasteiger partial charge in [-0.3, -0.25) is 4.90 Å². The Morgan fingerprint density at radius 3 is 2.71 bits per heavy atom. The van der Waals surface area contributed by atoms with Gasteiger partial charge in [0.1, 0.15) is 0 Å². The molecule has 0 saturated heterocycles. The Balaban J connectivity index is 1.92. The fourth-order valence-electron chi connectivity index (χ4n) is 3.31. The van der Waals surface area contributed by atoms with Crippen LogP contribution in [0, 0.1) is 23.2 Å². The number of rotatable bonds is 3. The van der Waals surface area contributed by atoms with Gasteiger partial charge in [-0.25, -0.2) is 0 Å². The normalized spacial score (nSPS) is 37.4. The number of fused-ring (bicyclic) bond motifs is 2. The largest absolute Gasteiger partial charge is 0.299 e. The summed E-state index contributed by atoms with van der Waals surface area (Å²) in [7, 11) is 2.20. The summed E-state index contributed by atoms with van der Waals surface area (Å²) in [6.07, 6.45) is 6.40. The lowest BCUT2D eigenvalue weighted by Crippen LogP contribution is -2.41. The first-order valence-electron chi connectivity index (χ1n) is 5.81. The van der Waals surface area contributed by atoms with Crippen LogP contribution >= 0.6 is 0 Å². The average molecular weight is 192 g/mol. The summed E-state index contributed by atoms with van der Waals surface area (Å²) in [5.74, 6) is 1.94. The molecule has 0 amide bonds. The van der Waals surface area contributed by atoms with E-state index in [4.69, 9.17) is 5.26 Å². The molecule has 0 aromatic heterocycles. The van der Waals surface area contributed by atoms with Crippen LogP contribution in [0.15, 0.2) is 0 Å². The molecule has 0 N–H and O–H groups in total. The summed E-state index contributed by atoms with van der Waals surface area (Å²) >= 11 is 0. The van der Waals surface area contributed by atoms with Crippen LogP contribution in [0.25, 0.3) is 0 Å². The fraction of sp³-hybridized carbons (Fsp3) is 0.917. The summed E-state index contributed by atoms with van der Waals surface area (Å²) in [4.78, 5) is 2.45. The standard InChI is InChI=1S/C12H20N2/c1-9(5-6-13)14(2)12-8-10-3-4-11(12)7-10/h9-12H,3-5,7-8H2,1-2H3. The van der Waals surface area contributed by atoms with Crippen LogP contribution in [0.2, 0.25) is 0 Å². The van der Waals surface area contributed by atoms with Crippen LogP contribution in [-0.4, -0.2) is 24.0 Å². The molecule has 0 aliphatic heterocycles. The van der Waals surface area contributed by atoms with Crippen molar-refractivity contribution in [2.75, 3.05) is 7.05 Å². The van der Waals surface area contributed by atoms with Gasteiger partial charge in [0.2, 0.25) is 0 Å². The van der Waals surface area contributed by atoms with Crippen LogP contribution in [0.1, 0.15) is 39.0 Å². The van der Waals surface area contributed by atoms with Crippen molar-refractivity contribution in [1.82, 2.24) is 4.90 Å². The van der Waals surface area contributed by atoms with E-state index in [1.54, 1.807) is 0 Å². The molecule has 0 radical (unpaired) electrons. The molecule has 2 heteroatoms. The quantitative estimate of drug-likeness (QED) is 0.686. The Labute approximate surface area is 86.9 Å². The number of nitrogens with zero attached hydrogens (tertiary/aromatic N) is 2. The van der Waals surface area contributed by atoms with Gasteiger partial charge in [-0.15, -0.1) is 0 Å². The topological polar surface area (TPSA) is 27.0 Å². The van der Waals surface area contributed by atoms with Crippen molar-refractivity contribution >= 4 is 0 Å². The maximum Gasteiger partial charge on any atom is 0.0638 e. The first-order chi connectivity index (χ1) is 6.72. The lowest BCUT2D eigenvalue weighted by atomic mass is 9.93. The van der Waals surface area contributed by atoms with Crippen molar-refractivity contribution in [2.45, 2.75) is 51.1 Å². The first kappa shape index (κ1) is 9.98. The van der Waals surface area contributed by atoms with Gasteiger partial charge in [0.05, 0.1) is 12.5 Å². The molecule has 0 aromatic rings. The van der Waals surface area contributed by atoms with Crippen molar-refractivity contribution in [2.24, 2.45) is 11.8 Å². The second-order valence-corrected chi connectivity index (χ2v) is 5.12. The van der Waals surface area contributed by atoms with Gasteiger partial charge in [-0.05, 0) is 45.1 Å². The first-order valence-corrected chi connectivity index (χ1v) is 5.81. The van der Waals surface area contributed by atoms with Gasteiger partial charge in [0.25, 0.3) is 0 Å². The van der Waals surface area contributed by atoms with E-state index in [2.05, 4.69) is 24.9 Å². The molecule has 4 atom stereocenters. The third kappa shape index (κ3) is 1.66. The predicted octanol–water partition coefficient (Wildman–Crippen LogP) is 2.41. The molecule has 2 fully saturated rings. The third-order valence-corrected chi connectivity index (χ3v) is 4.31. The molecule has 4 unspecified atom stereocenters. The Morgan fingerprint density at radius 1 is 1.43 bits per heavy atom. The molecule has 2 aliphatic carbocycles. The van der Waals surface area contributed by atoms with Crippen LogP contribution in [0.5, 0.6) is 0 Å². The van der Waals surface area contributed by atoms with Gasteiger partial charge in [0.15, 0.2) is 0 Å². The van der Waals surface area contributed by atoms with Gasteiger partial charge in [-0.1, -0.05) is 6.42 Å². The smallest absolute Gasteiger partial charge is 0.0638 e. The molecule has 2 rings (SSSR count). The van der Waals surface area contributed by atoms with Gasteiger partial charge >= 0.3 is 0 Å². The molecule has 0 spiro atoms. The summed E-state index contributed by atoms with van der Waals surface area (Å²) in [6, 6.07) is 3.48. The minimum Gasteiger partial charge on any atom is -0.299 e. The second kappa shape index (κ2) is 3.90. The highest BCUT2D eigenvalue weighted by atomic mass is 15.2. The highest BCUT2D eigenvalue weighted by Gasteiger charge is 2.41.